The summed E-state index contributed by atoms with van der Waals surface area (Å²) in [5.41, 5.74) is 12.0. The predicted octanol–water partition coefficient (Wildman–Crippen LogP) is 10.8. The summed E-state index contributed by atoms with van der Waals surface area (Å²) >= 11 is 0. The number of hydrogen-bond acceptors (Lipinski definition) is 3. The van der Waals surface area contributed by atoms with Crippen molar-refractivity contribution in [1.29, 1.82) is 15.8 Å². The molecule has 0 radical (unpaired) electrons. The summed E-state index contributed by atoms with van der Waals surface area (Å²) in [6.07, 6.45) is 8.90. The first-order valence-corrected chi connectivity index (χ1v) is 16.8. The fourth-order valence-electron chi connectivity index (χ4n) is 7.73. The van der Waals surface area contributed by atoms with Crippen LogP contribution >= 0.6 is 0 Å². The average Bonchev–Trinajstić information content (AvgIpc) is 3.56. The molecule has 0 amide bonds. The monoisotopic (exact) mass is 649 g/mol. The van der Waals surface area contributed by atoms with Crippen molar-refractivity contribution in [3.8, 4) is 51.8 Å². The summed E-state index contributed by atoms with van der Waals surface area (Å²) in [5.74, 6) is 0. The van der Waals surface area contributed by atoms with E-state index in [-0.39, 0.29) is 0 Å². The van der Waals surface area contributed by atoms with Gasteiger partial charge >= 0.3 is 0 Å². The molecule has 2 aromatic heterocycles. The first-order valence-electron chi connectivity index (χ1n) is 16.8. The summed E-state index contributed by atoms with van der Waals surface area (Å²) < 4.78 is 4.47. The molecule has 0 spiro atoms. The molecule has 6 aromatic carbocycles. The van der Waals surface area contributed by atoms with Crippen LogP contribution < -0.4 is 0 Å². The van der Waals surface area contributed by atoms with Gasteiger partial charge in [-0.25, -0.2) is 0 Å². The lowest BCUT2D eigenvalue weighted by Crippen LogP contribution is -2.04. The summed E-state index contributed by atoms with van der Waals surface area (Å²) in [6.45, 7) is 0. The summed E-state index contributed by atoms with van der Waals surface area (Å²) in [6, 6.07) is 49.8. The van der Waals surface area contributed by atoms with Crippen LogP contribution in [0.15, 0.2) is 146 Å². The molecule has 5 nitrogen and oxygen atoms in total. The van der Waals surface area contributed by atoms with Gasteiger partial charge in [-0.15, -0.1) is 0 Å². The first kappa shape index (κ1) is 29.7. The van der Waals surface area contributed by atoms with E-state index in [1.165, 1.54) is 10.8 Å². The van der Waals surface area contributed by atoms with Crippen LogP contribution in [0, 0.1) is 34.0 Å². The number of hydrogen-bond donors (Lipinski definition) is 0. The van der Waals surface area contributed by atoms with Crippen molar-refractivity contribution in [1.82, 2.24) is 9.13 Å². The van der Waals surface area contributed by atoms with Gasteiger partial charge in [0, 0.05) is 45.0 Å². The van der Waals surface area contributed by atoms with E-state index in [0.717, 1.165) is 66.8 Å². The van der Waals surface area contributed by atoms with Gasteiger partial charge in [-0.3, -0.25) is 0 Å². The molecule has 0 fully saturated rings. The van der Waals surface area contributed by atoms with Gasteiger partial charge in [-0.1, -0.05) is 97.1 Å². The van der Waals surface area contributed by atoms with Crippen LogP contribution in [-0.4, -0.2) is 9.13 Å². The molecular weight excluding hydrogens is 623 g/mol. The van der Waals surface area contributed by atoms with Crippen LogP contribution in [0.3, 0.4) is 0 Å². The third-order valence-corrected chi connectivity index (χ3v) is 9.91. The van der Waals surface area contributed by atoms with E-state index in [4.69, 9.17) is 0 Å². The predicted molar refractivity (Wildman–Crippen MR) is 205 cm³/mol. The zero-order valence-electron chi connectivity index (χ0n) is 27.4. The molecule has 0 saturated carbocycles. The zero-order chi connectivity index (χ0) is 34.5. The lowest BCUT2D eigenvalue weighted by Gasteiger charge is -2.19. The summed E-state index contributed by atoms with van der Waals surface area (Å²) in [7, 11) is 0. The van der Waals surface area contributed by atoms with Gasteiger partial charge in [0.1, 0.15) is 6.07 Å². The molecule has 0 bridgehead atoms. The van der Waals surface area contributed by atoms with Gasteiger partial charge in [-0.05, 0) is 65.7 Å². The second kappa shape index (κ2) is 11.9. The van der Waals surface area contributed by atoms with Gasteiger partial charge in [0.25, 0.3) is 0 Å². The molecule has 2 heterocycles. The van der Waals surface area contributed by atoms with Crippen LogP contribution in [0.2, 0.25) is 0 Å². The van der Waals surface area contributed by atoms with Crippen LogP contribution in [0.25, 0.3) is 72.4 Å². The molecule has 1 aliphatic carbocycles. The Morgan fingerprint density at radius 1 is 0.471 bits per heavy atom. The van der Waals surface area contributed by atoms with Crippen molar-refractivity contribution in [3.63, 3.8) is 0 Å². The zero-order valence-corrected chi connectivity index (χ0v) is 27.4. The van der Waals surface area contributed by atoms with Gasteiger partial charge in [0.05, 0.1) is 56.8 Å². The third-order valence-electron chi connectivity index (χ3n) is 9.91. The van der Waals surface area contributed by atoms with Crippen LogP contribution in [-0.2, 0) is 6.42 Å². The van der Waals surface area contributed by atoms with E-state index in [9.17, 15) is 15.8 Å². The van der Waals surface area contributed by atoms with Crippen LogP contribution in [0.1, 0.15) is 27.9 Å². The molecule has 0 aliphatic heterocycles. The Bertz CT molecular complexity index is 2870. The standard InChI is InChI=1S/C46H27N5/c47-27-30-21-23-33(34-12-4-7-17-41(34)50-42-18-8-5-13-35(42)36-14-6-9-19-43(36)50)38(25-30)32-15-10-20-45(40(32)29-49)51-44-16-3-1-2-11-37(44)39-26-31(28-48)22-24-46(39)51/h1-15,17-26H,16H2. The maximum absolute atomic E-state index is 11.0. The van der Waals surface area contributed by atoms with Gasteiger partial charge < -0.3 is 9.13 Å². The molecule has 1 aliphatic rings. The topological polar surface area (TPSA) is 81.2 Å². The molecule has 0 unspecified atom stereocenters. The van der Waals surface area contributed by atoms with Gasteiger partial charge in [0.15, 0.2) is 0 Å². The summed E-state index contributed by atoms with van der Waals surface area (Å²) in [4.78, 5) is 0. The lowest BCUT2D eigenvalue weighted by atomic mass is 9.89. The molecule has 0 atom stereocenters. The number of nitriles is 3. The highest BCUT2D eigenvalue weighted by Crippen LogP contribution is 2.42. The molecule has 9 rings (SSSR count). The van der Waals surface area contributed by atoms with E-state index in [0.29, 0.717) is 23.1 Å². The van der Waals surface area contributed by atoms with Crippen LogP contribution in [0.5, 0.6) is 0 Å². The Morgan fingerprint density at radius 3 is 1.88 bits per heavy atom. The minimum atomic E-state index is 0.504. The van der Waals surface area contributed by atoms with Crippen molar-refractivity contribution in [2.75, 3.05) is 0 Å². The quantitative estimate of drug-likeness (QED) is 0.190. The van der Waals surface area contributed by atoms with Crippen molar-refractivity contribution in [2.45, 2.75) is 6.42 Å². The van der Waals surface area contributed by atoms with Gasteiger partial charge in [-0.2, -0.15) is 15.8 Å². The fraction of sp³-hybridized carbons (Fsp3) is 0.0217. The van der Waals surface area contributed by atoms with Gasteiger partial charge in [0.2, 0.25) is 0 Å². The maximum atomic E-state index is 11.0. The molecule has 0 saturated heterocycles. The van der Waals surface area contributed by atoms with Crippen molar-refractivity contribution >= 4 is 38.8 Å². The number of fused-ring (bicyclic) bond motifs is 6. The van der Waals surface area contributed by atoms with Crippen molar-refractivity contribution in [2.24, 2.45) is 0 Å². The van der Waals surface area contributed by atoms with Crippen molar-refractivity contribution in [3.05, 3.63) is 174 Å². The number of allylic oxidation sites excluding steroid dienone is 3. The third kappa shape index (κ3) is 4.60. The Labute approximate surface area is 294 Å². The second-order valence-electron chi connectivity index (χ2n) is 12.6. The van der Waals surface area contributed by atoms with Crippen LogP contribution in [0.4, 0.5) is 0 Å². The number of nitrogens with zero attached hydrogens (tertiary/aromatic N) is 5. The number of aromatic nitrogens is 2. The van der Waals surface area contributed by atoms with E-state index < -0.39 is 0 Å². The summed E-state index contributed by atoms with van der Waals surface area (Å²) in [5, 5.41) is 34.1. The molecule has 0 N–H and O–H groups in total. The fourth-order valence-corrected chi connectivity index (χ4v) is 7.73. The Balaban J connectivity index is 1.32. The highest BCUT2D eigenvalue weighted by Gasteiger charge is 2.23. The Kier molecular flexibility index (Phi) is 6.96. The molecule has 8 aromatic rings. The smallest absolute Gasteiger partial charge is 0.102 e. The molecule has 51 heavy (non-hydrogen) atoms. The van der Waals surface area contributed by atoms with Crippen molar-refractivity contribution < 1.29 is 0 Å². The Morgan fingerprint density at radius 2 is 1.12 bits per heavy atom. The molecule has 5 heteroatoms. The highest BCUT2D eigenvalue weighted by atomic mass is 15.0. The molecule has 236 valence electrons. The Hall–Kier alpha value is -7.39. The van der Waals surface area contributed by atoms with E-state index in [1.54, 1.807) is 0 Å². The normalized spacial score (nSPS) is 12.0. The largest absolute Gasteiger partial charge is 0.311 e. The maximum Gasteiger partial charge on any atom is 0.102 e. The lowest BCUT2D eigenvalue weighted by molar-refractivity contribution is 0.998. The minimum absolute atomic E-state index is 0.504. The average molecular weight is 650 g/mol. The number of rotatable bonds is 4. The van der Waals surface area contributed by atoms with E-state index in [2.05, 4.69) is 106 Å². The number of para-hydroxylation sites is 3. The minimum Gasteiger partial charge on any atom is -0.311 e. The first-order chi connectivity index (χ1) is 25.2. The van der Waals surface area contributed by atoms with E-state index in [1.807, 2.05) is 72.8 Å². The second-order valence-corrected chi connectivity index (χ2v) is 12.6. The highest BCUT2D eigenvalue weighted by molar-refractivity contribution is 6.10. The molecular formula is C46H27N5. The number of benzene rings is 6. The SMILES string of the molecule is N#Cc1ccc(-c2ccccc2-n2c3ccccc3c3ccccc32)c(-c2cccc(-n3c4c(c5cc(C#N)ccc53)C=CC=CC4)c2C#N)c1. The van der Waals surface area contributed by atoms with E-state index >= 15 is 0 Å².